The molecular formula is C15H23FN2O2. The number of benzene rings is 1. The summed E-state index contributed by atoms with van der Waals surface area (Å²) in [6, 6.07) is 4.49. The van der Waals surface area contributed by atoms with Crippen LogP contribution in [-0.4, -0.2) is 41.7 Å². The fourth-order valence-corrected chi connectivity index (χ4v) is 2.05. The lowest BCUT2D eigenvalue weighted by atomic mass is 10.1. The molecule has 0 aliphatic heterocycles. The van der Waals surface area contributed by atoms with E-state index in [0.717, 1.165) is 0 Å². The minimum absolute atomic E-state index is 0.00760. The highest BCUT2D eigenvalue weighted by Crippen LogP contribution is 2.22. The summed E-state index contributed by atoms with van der Waals surface area (Å²) in [6.07, 6.45) is 0.510. The average molecular weight is 282 g/mol. The van der Waals surface area contributed by atoms with Gasteiger partial charge >= 0.3 is 0 Å². The fraction of sp³-hybridized carbons (Fsp3) is 0.533. The number of anilines is 1. The Morgan fingerprint density at radius 3 is 2.70 bits per heavy atom. The van der Waals surface area contributed by atoms with Crippen LogP contribution >= 0.6 is 0 Å². The van der Waals surface area contributed by atoms with Crippen LogP contribution in [0.1, 0.15) is 37.6 Å². The fourth-order valence-electron chi connectivity index (χ4n) is 2.05. The number of aliphatic hydroxyl groups excluding tert-OH is 1. The second-order valence-corrected chi connectivity index (χ2v) is 4.86. The molecule has 0 fully saturated rings. The smallest absolute Gasteiger partial charge is 0.256 e. The van der Waals surface area contributed by atoms with Crippen LogP contribution in [0.3, 0.4) is 0 Å². The van der Waals surface area contributed by atoms with E-state index < -0.39 is 5.82 Å². The summed E-state index contributed by atoms with van der Waals surface area (Å²) in [6.45, 7) is 6.68. The summed E-state index contributed by atoms with van der Waals surface area (Å²) in [5, 5.41) is 11.8. The van der Waals surface area contributed by atoms with Gasteiger partial charge in [0.25, 0.3) is 5.91 Å². The number of para-hydroxylation sites is 1. The van der Waals surface area contributed by atoms with E-state index in [1.807, 2.05) is 20.8 Å². The molecule has 0 atom stereocenters. The molecule has 0 saturated carbocycles. The number of carbonyl (C=O) groups excluding carboxylic acids is 1. The lowest BCUT2D eigenvalue weighted by Gasteiger charge is -2.27. The predicted molar refractivity (Wildman–Crippen MR) is 78.4 cm³/mol. The molecular weight excluding hydrogens is 259 g/mol. The molecule has 112 valence electrons. The Morgan fingerprint density at radius 2 is 2.15 bits per heavy atom. The Hall–Kier alpha value is -1.62. The SMILES string of the molecule is CCNc1c(F)cccc1C(=O)N(CCCO)C(C)C. The van der Waals surface area contributed by atoms with Crippen LogP contribution in [0.25, 0.3) is 0 Å². The molecule has 0 saturated heterocycles. The number of hydrogen-bond acceptors (Lipinski definition) is 3. The van der Waals surface area contributed by atoms with Crippen molar-refractivity contribution in [1.29, 1.82) is 0 Å². The quantitative estimate of drug-likeness (QED) is 0.808. The van der Waals surface area contributed by atoms with Crippen LogP contribution in [-0.2, 0) is 0 Å². The number of carbonyl (C=O) groups is 1. The maximum absolute atomic E-state index is 13.8. The third-order valence-electron chi connectivity index (χ3n) is 3.04. The van der Waals surface area contributed by atoms with E-state index in [-0.39, 0.29) is 24.2 Å². The molecule has 0 spiro atoms. The molecule has 0 unspecified atom stereocenters. The molecule has 1 amide bonds. The van der Waals surface area contributed by atoms with Crippen molar-refractivity contribution in [3.63, 3.8) is 0 Å². The minimum atomic E-state index is -0.427. The van der Waals surface area contributed by atoms with E-state index >= 15 is 0 Å². The van der Waals surface area contributed by atoms with Crippen LogP contribution in [0, 0.1) is 5.82 Å². The van der Waals surface area contributed by atoms with E-state index in [9.17, 15) is 9.18 Å². The van der Waals surface area contributed by atoms with Gasteiger partial charge in [-0.25, -0.2) is 4.39 Å². The summed E-state index contributed by atoms with van der Waals surface area (Å²) in [4.78, 5) is 14.2. The zero-order chi connectivity index (χ0) is 15.1. The van der Waals surface area contributed by atoms with Crippen LogP contribution in [0.5, 0.6) is 0 Å². The van der Waals surface area contributed by atoms with Gasteiger partial charge < -0.3 is 15.3 Å². The van der Waals surface area contributed by atoms with Crippen molar-refractivity contribution >= 4 is 11.6 Å². The van der Waals surface area contributed by atoms with Gasteiger partial charge in [-0.2, -0.15) is 0 Å². The second kappa shape index (κ2) is 7.85. The summed E-state index contributed by atoms with van der Waals surface area (Å²) >= 11 is 0. The first-order chi connectivity index (χ1) is 9.52. The Morgan fingerprint density at radius 1 is 1.45 bits per heavy atom. The van der Waals surface area contributed by atoms with Crippen molar-refractivity contribution in [2.45, 2.75) is 33.2 Å². The molecule has 1 aromatic carbocycles. The van der Waals surface area contributed by atoms with Crippen LogP contribution in [0.4, 0.5) is 10.1 Å². The summed E-state index contributed by atoms with van der Waals surface area (Å²) < 4.78 is 13.8. The molecule has 1 rings (SSSR count). The third-order valence-corrected chi connectivity index (χ3v) is 3.04. The molecule has 0 radical (unpaired) electrons. The second-order valence-electron chi connectivity index (χ2n) is 4.86. The normalized spacial score (nSPS) is 10.7. The van der Waals surface area contributed by atoms with Gasteiger partial charge in [-0.1, -0.05) is 6.07 Å². The Kier molecular flexibility index (Phi) is 6.45. The maximum Gasteiger partial charge on any atom is 0.256 e. The van der Waals surface area contributed by atoms with E-state index in [0.29, 0.717) is 25.1 Å². The Balaban J connectivity index is 3.08. The van der Waals surface area contributed by atoms with E-state index in [1.165, 1.54) is 12.1 Å². The number of nitrogens with one attached hydrogen (secondary N) is 1. The van der Waals surface area contributed by atoms with Crippen molar-refractivity contribution in [3.8, 4) is 0 Å². The molecule has 4 nitrogen and oxygen atoms in total. The van der Waals surface area contributed by atoms with Crippen molar-refractivity contribution in [2.24, 2.45) is 0 Å². The summed E-state index contributed by atoms with van der Waals surface area (Å²) in [7, 11) is 0. The van der Waals surface area contributed by atoms with E-state index in [4.69, 9.17) is 5.11 Å². The molecule has 2 N–H and O–H groups in total. The molecule has 5 heteroatoms. The highest BCUT2D eigenvalue weighted by Gasteiger charge is 2.22. The largest absolute Gasteiger partial charge is 0.396 e. The first-order valence-corrected chi connectivity index (χ1v) is 6.97. The lowest BCUT2D eigenvalue weighted by Crippen LogP contribution is -2.38. The summed E-state index contributed by atoms with van der Waals surface area (Å²) in [5.41, 5.74) is 0.577. The van der Waals surface area contributed by atoms with Gasteiger partial charge in [-0.05, 0) is 39.3 Å². The first-order valence-electron chi connectivity index (χ1n) is 6.97. The Labute approximate surface area is 119 Å². The molecule has 0 aliphatic rings. The summed E-state index contributed by atoms with van der Waals surface area (Å²) in [5.74, 6) is -0.646. The minimum Gasteiger partial charge on any atom is -0.396 e. The van der Waals surface area contributed by atoms with Gasteiger partial charge in [0.05, 0.1) is 11.3 Å². The third kappa shape index (κ3) is 3.93. The van der Waals surface area contributed by atoms with Gasteiger partial charge in [0, 0.05) is 25.7 Å². The van der Waals surface area contributed by atoms with Crippen LogP contribution in [0.2, 0.25) is 0 Å². The standard InChI is InChI=1S/C15H23FN2O2/c1-4-17-14-12(7-5-8-13(14)16)15(20)18(11(2)3)9-6-10-19/h5,7-8,11,17,19H,4,6,9-10H2,1-3H3. The highest BCUT2D eigenvalue weighted by atomic mass is 19.1. The number of nitrogens with zero attached hydrogens (tertiary/aromatic N) is 1. The lowest BCUT2D eigenvalue weighted by molar-refractivity contribution is 0.0693. The zero-order valence-electron chi connectivity index (χ0n) is 12.3. The average Bonchev–Trinajstić information content (AvgIpc) is 2.41. The molecule has 0 aromatic heterocycles. The molecule has 0 aliphatic carbocycles. The van der Waals surface area contributed by atoms with Crippen molar-refractivity contribution in [2.75, 3.05) is 25.0 Å². The zero-order valence-corrected chi connectivity index (χ0v) is 12.3. The number of hydrogen-bond donors (Lipinski definition) is 2. The first kappa shape index (κ1) is 16.4. The van der Waals surface area contributed by atoms with Gasteiger partial charge in [0.15, 0.2) is 0 Å². The number of halogens is 1. The van der Waals surface area contributed by atoms with Crippen molar-refractivity contribution in [1.82, 2.24) is 4.90 Å². The Bertz CT molecular complexity index is 449. The number of amides is 1. The van der Waals surface area contributed by atoms with Gasteiger partial charge in [0.2, 0.25) is 0 Å². The van der Waals surface area contributed by atoms with E-state index in [1.54, 1.807) is 11.0 Å². The van der Waals surface area contributed by atoms with Gasteiger partial charge in [-0.3, -0.25) is 4.79 Å². The van der Waals surface area contributed by atoms with Gasteiger partial charge in [-0.15, -0.1) is 0 Å². The highest BCUT2D eigenvalue weighted by molar-refractivity contribution is 5.99. The van der Waals surface area contributed by atoms with Crippen molar-refractivity contribution < 1.29 is 14.3 Å². The predicted octanol–water partition coefficient (Wildman–Crippen LogP) is 2.49. The molecule has 1 aromatic rings. The van der Waals surface area contributed by atoms with Crippen LogP contribution < -0.4 is 5.32 Å². The maximum atomic E-state index is 13.8. The van der Waals surface area contributed by atoms with Crippen molar-refractivity contribution in [3.05, 3.63) is 29.6 Å². The van der Waals surface area contributed by atoms with E-state index in [2.05, 4.69) is 5.32 Å². The molecule has 0 bridgehead atoms. The monoisotopic (exact) mass is 282 g/mol. The topological polar surface area (TPSA) is 52.6 Å². The molecule has 0 heterocycles. The van der Waals surface area contributed by atoms with Gasteiger partial charge in [0.1, 0.15) is 5.82 Å². The number of aliphatic hydroxyl groups is 1. The number of rotatable bonds is 7. The van der Waals surface area contributed by atoms with Crippen LogP contribution in [0.15, 0.2) is 18.2 Å². The molecule has 20 heavy (non-hydrogen) atoms.